The van der Waals surface area contributed by atoms with Crippen LogP contribution in [0, 0.1) is 12.5 Å². The van der Waals surface area contributed by atoms with Gasteiger partial charge in [0, 0.05) is 17.7 Å². The van der Waals surface area contributed by atoms with Crippen molar-refractivity contribution in [2.24, 2.45) is 5.92 Å². The molecule has 27 heavy (non-hydrogen) atoms. The molecule has 5 rings (SSSR count). The second kappa shape index (κ2) is 6.67. The van der Waals surface area contributed by atoms with E-state index in [1.807, 2.05) is 30.3 Å². The number of hydrogen-bond acceptors (Lipinski definition) is 4. The average molecular weight is 371 g/mol. The highest BCUT2D eigenvalue weighted by molar-refractivity contribution is 7.98. The minimum Gasteiger partial charge on any atom is -0.324 e. The lowest BCUT2D eigenvalue weighted by molar-refractivity contribution is 0.654. The van der Waals surface area contributed by atoms with Gasteiger partial charge in [-0.2, -0.15) is 0 Å². The Kier molecular flexibility index (Phi) is 4.02. The largest absolute Gasteiger partial charge is 0.324 e. The van der Waals surface area contributed by atoms with Crippen molar-refractivity contribution >= 4 is 39.5 Å². The van der Waals surface area contributed by atoms with E-state index in [0.29, 0.717) is 16.6 Å². The van der Waals surface area contributed by atoms with Crippen molar-refractivity contribution in [1.82, 2.24) is 19.7 Å². The van der Waals surface area contributed by atoms with Gasteiger partial charge in [0.05, 0.1) is 12.1 Å². The number of fused-ring (bicyclic) bond motifs is 3. The molecule has 1 aliphatic carbocycles. The zero-order chi connectivity index (χ0) is 18.2. The number of benzene rings is 2. The summed E-state index contributed by atoms with van der Waals surface area (Å²) in [5.41, 5.74) is 4.65. The number of para-hydroxylation sites is 2. The molecule has 0 unspecified atom stereocenters. The Morgan fingerprint density at radius 2 is 1.89 bits per heavy atom. The van der Waals surface area contributed by atoms with Crippen LogP contribution in [0.15, 0.2) is 53.7 Å². The standard InChI is InChI=1S/C21H17N5S/c1-22-17-8-4-2-6-15(17)13-27-21-23-20-19(24-25-21)16-7-3-5-9-18(16)26(20)12-14-10-11-14/h2-9,14H,10-13H2. The third-order valence-electron chi connectivity index (χ3n) is 4.96. The van der Waals surface area contributed by atoms with Crippen LogP contribution in [0.25, 0.3) is 26.9 Å². The predicted octanol–water partition coefficient (Wildman–Crippen LogP) is 5.23. The Labute approximate surface area is 161 Å². The summed E-state index contributed by atoms with van der Waals surface area (Å²) in [6.07, 6.45) is 2.59. The summed E-state index contributed by atoms with van der Waals surface area (Å²) in [6, 6.07) is 16.0. The second-order valence-electron chi connectivity index (χ2n) is 6.87. The Bertz CT molecular complexity index is 1190. The third kappa shape index (κ3) is 3.04. The zero-order valence-corrected chi connectivity index (χ0v) is 15.5. The summed E-state index contributed by atoms with van der Waals surface area (Å²) < 4.78 is 2.30. The SMILES string of the molecule is [C-]#[N+]c1ccccc1CSc1nnc2c3ccccc3n(CC3CC3)c2n1. The van der Waals surface area contributed by atoms with Crippen LogP contribution in [0.3, 0.4) is 0 Å². The highest BCUT2D eigenvalue weighted by atomic mass is 32.2. The monoisotopic (exact) mass is 371 g/mol. The molecule has 2 aromatic heterocycles. The first kappa shape index (κ1) is 16.3. The maximum Gasteiger partial charge on any atom is 0.211 e. The van der Waals surface area contributed by atoms with Crippen molar-refractivity contribution in [3.8, 4) is 0 Å². The van der Waals surface area contributed by atoms with Gasteiger partial charge >= 0.3 is 0 Å². The summed E-state index contributed by atoms with van der Waals surface area (Å²) in [4.78, 5) is 8.43. The van der Waals surface area contributed by atoms with Crippen LogP contribution in [0.4, 0.5) is 5.69 Å². The van der Waals surface area contributed by atoms with Crippen LogP contribution in [-0.2, 0) is 12.3 Å². The van der Waals surface area contributed by atoms with E-state index in [9.17, 15) is 0 Å². The van der Waals surface area contributed by atoms with Crippen molar-refractivity contribution in [3.05, 3.63) is 65.5 Å². The number of nitrogens with zero attached hydrogens (tertiary/aromatic N) is 5. The van der Waals surface area contributed by atoms with Crippen molar-refractivity contribution in [1.29, 1.82) is 0 Å². The molecule has 0 bridgehead atoms. The van der Waals surface area contributed by atoms with E-state index in [2.05, 4.69) is 37.8 Å². The molecule has 0 radical (unpaired) electrons. The Balaban J connectivity index is 1.52. The highest BCUT2D eigenvalue weighted by Gasteiger charge is 2.24. The van der Waals surface area contributed by atoms with E-state index in [1.54, 1.807) is 0 Å². The number of thioether (sulfide) groups is 1. The van der Waals surface area contributed by atoms with E-state index in [1.165, 1.54) is 30.1 Å². The summed E-state index contributed by atoms with van der Waals surface area (Å²) in [7, 11) is 0. The van der Waals surface area contributed by atoms with Crippen molar-refractivity contribution in [2.45, 2.75) is 30.3 Å². The van der Waals surface area contributed by atoms with Gasteiger partial charge in [0.25, 0.3) is 0 Å². The number of aromatic nitrogens is 4. The molecule has 4 aromatic rings. The molecule has 6 heteroatoms. The van der Waals surface area contributed by atoms with Crippen LogP contribution in [0.2, 0.25) is 0 Å². The molecular formula is C21H17N5S. The summed E-state index contributed by atoms with van der Waals surface area (Å²) in [5.74, 6) is 1.41. The van der Waals surface area contributed by atoms with Crippen molar-refractivity contribution < 1.29 is 0 Å². The van der Waals surface area contributed by atoms with Gasteiger partial charge < -0.3 is 4.57 Å². The third-order valence-corrected chi connectivity index (χ3v) is 5.85. The van der Waals surface area contributed by atoms with Crippen molar-refractivity contribution in [3.63, 3.8) is 0 Å². The van der Waals surface area contributed by atoms with E-state index in [-0.39, 0.29) is 0 Å². The van der Waals surface area contributed by atoms with Gasteiger partial charge in [-0.3, -0.25) is 0 Å². The van der Waals surface area contributed by atoms with Crippen LogP contribution >= 0.6 is 11.8 Å². The lowest BCUT2D eigenvalue weighted by Crippen LogP contribution is -2.02. The molecule has 1 fully saturated rings. The van der Waals surface area contributed by atoms with Crippen LogP contribution in [-0.4, -0.2) is 19.7 Å². The zero-order valence-electron chi connectivity index (χ0n) is 14.7. The first-order valence-corrected chi connectivity index (χ1v) is 10.0. The van der Waals surface area contributed by atoms with Crippen LogP contribution in [0.5, 0.6) is 0 Å². The van der Waals surface area contributed by atoms with Gasteiger partial charge in [-0.1, -0.05) is 54.2 Å². The molecule has 0 N–H and O–H groups in total. The highest BCUT2D eigenvalue weighted by Crippen LogP contribution is 2.35. The summed E-state index contributed by atoms with van der Waals surface area (Å²) >= 11 is 1.53. The number of rotatable bonds is 5. The van der Waals surface area contributed by atoms with Gasteiger partial charge in [-0.15, -0.1) is 10.2 Å². The molecule has 5 nitrogen and oxygen atoms in total. The number of hydrogen-bond donors (Lipinski definition) is 0. The topological polar surface area (TPSA) is 48.0 Å². The van der Waals surface area contributed by atoms with Crippen LogP contribution in [0.1, 0.15) is 18.4 Å². The maximum atomic E-state index is 7.31. The second-order valence-corrected chi connectivity index (χ2v) is 7.81. The molecule has 0 aliphatic heterocycles. The molecule has 2 aromatic carbocycles. The van der Waals surface area contributed by atoms with E-state index >= 15 is 0 Å². The molecule has 1 saturated carbocycles. The normalized spacial score (nSPS) is 13.9. The first-order chi connectivity index (χ1) is 13.3. The quantitative estimate of drug-likeness (QED) is 0.356. The van der Waals surface area contributed by atoms with Gasteiger partial charge in [-0.25, -0.2) is 9.83 Å². The minimum atomic E-state index is 0.655. The molecule has 0 amide bonds. The van der Waals surface area contributed by atoms with E-state index in [4.69, 9.17) is 11.6 Å². The molecule has 0 spiro atoms. The molecule has 1 aliphatic rings. The lowest BCUT2D eigenvalue weighted by Gasteiger charge is -2.06. The van der Waals surface area contributed by atoms with Gasteiger partial charge in [0.1, 0.15) is 5.52 Å². The van der Waals surface area contributed by atoms with Gasteiger partial charge in [0.2, 0.25) is 5.16 Å². The fourth-order valence-electron chi connectivity index (χ4n) is 3.38. The van der Waals surface area contributed by atoms with Gasteiger partial charge in [-0.05, 0) is 30.4 Å². The average Bonchev–Trinajstić information content (AvgIpc) is 3.49. The smallest absolute Gasteiger partial charge is 0.211 e. The summed E-state index contributed by atoms with van der Waals surface area (Å²) in [5, 5.41) is 10.6. The summed E-state index contributed by atoms with van der Waals surface area (Å²) in [6.45, 7) is 8.30. The molecule has 2 heterocycles. The molecule has 0 atom stereocenters. The predicted molar refractivity (Wildman–Crippen MR) is 108 cm³/mol. The first-order valence-electron chi connectivity index (χ1n) is 9.03. The van der Waals surface area contributed by atoms with E-state index < -0.39 is 0 Å². The maximum absolute atomic E-state index is 7.31. The van der Waals surface area contributed by atoms with Gasteiger partial charge in [0.15, 0.2) is 11.3 Å². The lowest BCUT2D eigenvalue weighted by atomic mass is 10.2. The fraction of sp³-hybridized carbons (Fsp3) is 0.238. The molecule has 0 saturated heterocycles. The fourth-order valence-corrected chi connectivity index (χ4v) is 4.16. The Morgan fingerprint density at radius 1 is 1.07 bits per heavy atom. The Hall–Kier alpha value is -2.91. The minimum absolute atomic E-state index is 0.655. The Morgan fingerprint density at radius 3 is 2.74 bits per heavy atom. The molecule has 132 valence electrons. The van der Waals surface area contributed by atoms with Crippen molar-refractivity contribution in [2.75, 3.05) is 0 Å². The molecular weight excluding hydrogens is 354 g/mol. The van der Waals surface area contributed by atoms with E-state index in [0.717, 1.165) is 34.6 Å². The van der Waals surface area contributed by atoms with Crippen LogP contribution < -0.4 is 0 Å².